The summed E-state index contributed by atoms with van der Waals surface area (Å²) in [6.07, 6.45) is 10.8. The Hall–Kier alpha value is -1.56. The van der Waals surface area contributed by atoms with E-state index in [1.54, 1.807) is 6.26 Å². The summed E-state index contributed by atoms with van der Waals surface area (Å²) in [5, 5.41) is 1.90. The molecule has 4 bridgehead atoms. The number of hydrogen-bond acceptors (Lipinski definition) is 4. The second kappa shape index (κ2) is 5.73. The molecule has 5 aliphatic rings. The molecule has 1 heterocycles. The molecule has 4 saturated carbocycles. The number of unbranched alkanes of at least 4 members (excludes halogenated alkanes) is 1. The van der Waals surface area contributed by atoms with Crippen LogP contribution in [-0.4, -0.2) is 28.5 Å². The molecule has 2 amide bonds. The van der Waals surface area contributed by atoms with Crippen molar-refractivity contribution in [1.29, 1.82) is 0 Å². The van der Waals surface area contributed by atoms with E-state index >= 15 is 0 Å². The van der Waals surface area contributed by atoms with Crippen LogP contribution in [0.4, 0.5) is 0 Å². The van der Waals surface area contributed by atoms with Gasteiger partial charge in [-0.15, -0.1) is 5.06 Å². The summed E-state index contributed by atoms with van der Waals surface area (Å²) < 4.78 is 0. The fraction of sp³-hybridized carbons (Fsp3) is 0.789. The third-order valence-corrected chi connectivity index (χ3v) is 7.27. The molecule has 5 rings (SSSR count). The van der Waals surface area contributed by atoms with E-state index < -0.39 is 5.54 Å². The fourth-order valence-corrected chi connectivity index (χ4v) is 6.35. The Bertz CT molecular complexity index is 603. The molecular formula is C19H29N3O3. The maximum Gasteiger partial charge on any atom is 0.245 e. The van der Waals surface area contributed by atoms with Crippen molar-refractivity contribution in [3.63, 3.8) is 0 Å². The van der Waals surface area contributed by atoms with E-state index in [1.165, 1.54) is 0 Å². The summed E-state index contributed by atoms with van der Waals surface area (Å²) in [4.78, 5) is 30.5. The molecule has 0 aromatic carbocycles. The monoisotopic (exact) mass is 347 g/mol. The molecule has 6 nitrogen and oxygen atoms in total. The predicted octanol–water partition coefficient (Wildman–Crippen LogP) is 1.84. The summed E-state index contributed by atoms with van der Waals surface area (Å²) in [7, 11) is 0. The van der Waals surface area contributed by atoms with Gasteiger partial charge in [-0.05, 0) is 62.4 Å². The Balaban J connectivity index is 1.64. The van der Waals surface area contributed by atoms with Gasteiger partial charge in [0, 0.05) is 5.41 Å². The summed E-state index contributed by atoms with van der Waals surface area (Å²) in [5.41, 5.74) is 10.4. The van der Waals surface area contributed by atoms with Gasteiger partial charge < -0.3 is 16.3 Å². The van der Waals surface area contributed by atoms with Gasteiger partial charge in [0.15, 0.2) is 5.54 Å². The van der Waals surface area contributed by atoms with Gasteiger partial charge in [-0.25, -0.2) is 0 Å². The van der Waals surface area contributed by atoms with E-state index in [9.17, 15) is 9.59 Å². The number of amides is 2. The summed E-state index contributed by atoms with van der Waals surface area (Å²) in [6.45, 7) is 2.11. The first-order chi connectivity index (χ1) is 11.9. The van der Waals surface area contributed by atoms with E-state index in [0.717, 1.165) is 44.9 Å². The van der Waals surface area contributed by atoms with Crippen molar-refractivity contribution in [1.82, 2.24) is 5.06 Å². The Morgan fingerprint density at radius 2 is 1.84 bits per heavy atom. The smallest absolute Gasteiger partial charge is 0.245 e. The highest BCUT2D eigenvalue weighted by molar-refractivity contribution is 5.87. The Morgan fingerprint density at radius 3 is 2.40 bits per heavy atom. The maximum atomic E-state index is 12.4. The summed E-state index contributed by atoms with van der Waals surface area (Å²) >= 11 is 0. The van der Waals surface area contributed by atoms with Gasteiger partial charge in [-0.2, -0.15) is 0 Å². The lowest BCUT2D eigenvalue weighted by atomic mass is 9.47. The highest BCUT2D eigenvalue weighted by Crippen LogP contribution is 2.62. The van der Waals surface area contributed by atoms with Crippen LogP contribution in [0.15, 0.2) is 12.3 Å². The van der Waals surface area contributed by atoms with Crippen molar-refractivity contribution < 1.29 is 14.4 Å². The van der Waals surface area contributed by atoms with Crippen molar-refractivity contribution >= 4 is 11.8 Å². The number of nitrogens with two attached hydrogens (primary N) is 2. The van der Waals surface area contributed by atoms with Crippen molar-refractivity contribution in [3.05, 3.63) is 12.3 Å². The Labute approximate surface area is 148 Å². The average Bonchev–Trinajstić information content (AvgIpc) is 2.97. The largest absolute Gasteiger partial charge is 0.412 e. The van der Waals surface area contributed by atoms with E-state index in [-0.39, 0.29) is 23.3 Å². The third-order valence-electron chi connectivity index (χ3n) is 7.27. The molecule has 3 unspecified atom stereocenters. The second-order valence-corrected chi connectivity index (χ2v) is 8.73. The lowest BCUT2D eigenvalue weighted by Crippen LogP contribution is -2.66. The van der Waals surface area contributed by atoms with Crippen molar-refractivity contribution in [2.45, 2.75) is 69.9 Å². The molecule has 4 N–H and O–H groups in total. The molecule has 0 saturated heterocycles. The zero-order valence-electron chi connectivity index (χ0n) is 14.9. The first-order valence-corrected chi connectivity index (χ1v) is 9.65. The van der Waals surface area contributed by atoms with Gasteiger partial charge in [0.1, 0.15) is 6.26 Å². The molecule has 1 aliphatic heterocycles. The maximum absolute atomic E-state index is 12.4. The number of nitrogens with zero attached hydrogens (tertiary/aromatic N) is 1. The predicted molar refractivity (Wildman–Crippen MR) is 92.5 cm³/mol. The first-order valence-electron chi connectivity index (χ1n) is 9.65. The lowest BCUT2D eigenvalue weighted by molar-refractivity contribution is -0.236. The Kier molecular flexibility index (Phi) is 3.87. The van der Waals surface area contributed by atoms with Crippen LogP contribution >= 0.6 is 0 Å². The van der Waals surface area contributed by atoms with Crippen LogP contribution in [0.3, 0.4) is 0 Å². The van der Waals surface area contributed by atoms with Crippen molar-refractivity contribution in [2.75, 3.05) is 0 Å². The van der Waals surface area contributed by atoms with E-state index in [4.69, 9.17) is 16.3 Å². The molecule has 0 aromatic heterocycles. The highest BCUT2D eigenvalue weighted by atomic mass is 16.7. The van der Waals surface area contributed by atoms with Crippen LogP contribution in [0.5, 0.6) is 0 Å². The number of carbonyl (C=O) groups is 2. The standard InChI is InChI=1S/C19H29N3O3/c1-2-3-4-19(17(21)24)5-6-25-22(19)15-13-7-12-8-14(15)11-18(9-12,10-13)16(20)23/h5-6,12-15H,2-4,7-11H2,1H3,(H2,20,23)(H2,21,24). The molecule has 25 heavy (non-hydrogen) atoms. The average molecular weight is 347 g/mol. The Morgan fingerprint density at radius 1 is 1.16 bits per heavy atom. The highest BCUT2D eigenvalue weighted by Gasteiger charge is 2.62. The van der Waals surface area contributed by atoms with Crippen LogP contribution in [-0.2, 0) is 14.4 Å². The van der Waals surface area contributed by atoms with Crippen molar-refractivity contribution in [2.24, 2.45) is 34.6 Å². The van der Waals surface area contributed by atoms with E-state index in [1.807, 2.05) is 11.1 Å². The molecule has 138 valence electrons. The van der Waals surface area contributed by atoms with Gasteiger partial charge in [-0.3, -0.25) is 9.59 Å². The molecule has 6 heteroatoms. The number of hydroxylamine groups is 2. The third kappa shape index (κ3) is 2.33. The van der Waals surface area contributed by atoms with E-state index in [2.05, 4.69) is 6.92 Å². The van der Waals surface area contributed by atoms with Crippen LogP contribution in [0, 0.1) is 23.2 Å². The van der Waals surface area contributed by atoms with Gasteiger partial charge in [-0.1, -0.05) is 19.8 Å². The minimum absolute atomic E-state index is 0.141. The van der Waals surface area contributed by atoms with Gasteiger partial charge in [0.2, 0.25) is 11.8 Å². The van der Waals surface area contributed by atoms with Crippen LogP contribution in [0.2, 0.25) is 0 Å². The topological polar surface area (TPSA) is 98.7 Å². The van der Waals surface area contributed by atoms with Crippen LogP contribution < -0.4 is 11.5 Å². The van der Waals surface area contributed by atoms with Crippen LogP contribution in [0.25, 0.3) is 0 Å². The minimum Gasteiger partial charge on any atom is -0.412 e. The fourth-order valence-electron chi connectivity index (χ4n) is 6.35. The SMILES string of the molecule is CCCCC1(C(N)=O)C=CON1C1C2CC3CC1CC(C(N)=O)(C3)C2. The van der Waals surface area contributed by atoms with Crippen LogP contribution in [0.1, 0.15) is 58.3 Å². The normalized spacial score (nSPS) is 44.8. The van der Waals surface area contributed by atoms with Crippen molar-refractivity contribution in [3.8, 4) is 0 Å². The number of rotatable bonds is 6. The molecule has 0 spiro atoms. The molecule has 4 aliphatic carbocycles. The van der Waals surface area contributed by atoms with E-state index in [0.29, 0.717) is 24.2 Å². The quantitative estimate of drug-likeness (QED) is 0.766. The first kappa shape index (κ1) is 16.9. The number of hydrogen-bond donors (Lipinski definition) is 2. The van der Waals surface area contributed by atoms with Gasteiger partial charge in [0.05, 0.1) is 6.04 Å². The molecule has 0 radical (unpaired) electrons. The minimum atomic E-state index is -0.851. The molecular weight excluding hydrogens is 318 g/mol. The summed E-state index contributed by atoms with van der Waals surface area (Å²) in [6, 6.07) is 0.142. The lowest BCUT2D eigenvalue weighted by Gasteiger charge is -2.61. The second-order valence-electron chi connectivity index (χ2n) is 8.73. The summed E-state index contributed by atoms with van der Waals surface area (Å²) in [5.74, 6) is 0.791. The molecule has 3 atom stereocenters. The van der Waals surface area contributed by atoms with Gasteiger partial charge in [0.25, 0.3) is 0 Å². The number of primary amides is 2. The zero-order chi connectivity index (χ0) is 17.8. The zero-order valence-corrected chi connectivity index (χ0v) is 14.9. The van der Waals surface area contributed by atoms with Gasteiger partial charge >= 0.3 is 0 Å². The molecule has 4 fully saturated rings. The molecule has 0 aromatic rings. The number of carbonyl (C=O) groups excluding carboxylic acids is 2.